The minimum absolute atomic E-state index is 0.0653. The Balaban J connectivity index is 1.30. The van der Waals surface area contributed by atoms with Gasteiger partial charge in [0.15, 0.2) is 11.5 Å². The minimum atomic E-state index is -0.135. The Kier molecular flexibility index (Phi) is 5.21. The number of nitrogens with one attached hydrogen (secondary N) is 1. The predicted molar refractivity (Wildman–Crippen MR) is 130 cm³/mol. The van der Waals surface area contributed by atoms with E-state index in [4.69, 9.17) is 9.84 Å². The molecule has 1 N–H and O–H groups in total. The van der Waals surface area contributed by atoms with E-state index in [1.807, 2.05) is 61.5 Å². The maximum absolute atomic E-state index is 12.8. The van der Waals surface area contributed by atoms with Crippen molar-refractivity contribution in [1.29, 1.82) is 0 Å². The van der Waals surface area contributed by atoms with Gasteiger partial charge in [-0.3, -0.25) is 4.79 Å². The summed E-state index contributed by atoms with van der Waals surface area (Å²) in [6.45, 7) is 2.54. The SMILES string of the molecule is Cc1nn(-c2ccc3nncn3n2)c2c1[C@@H](c1cccc(OCCc3ccccc3)c1)CC(=O)N2. The van der Waals surface area contributed by atoms with Gasteiger partial charge in [-0.15, -0.1) is 15.3 Å². The summed E-state index contributed by atoms with van der Waals surface area (Å²) in [5.74, 6) is 1.80. The second kappa shape index (κ2) is 8.68. The Morgan fingerprint density at radius 1 is 1.06 bits per heavy atom. The summed E-state index contributed by atoms with van der Waals surface area (Å²) in [4.78, 5) is 12.8. The molecular weight excluding hydrogens is 442 g/mol. The summed E-state index contributed by atoms with van der Waals surface area (Å²) in [7, 11) is 0. The van der Waals surface area contributed by atoms with Crippen molar-refractivity contribution in [3.8, 4) is 11.6 Å². The van der Waals surface area contributed by atoms with Crippen LogP contribution in [0.1, 0.15) is 34.7 Å². The third-order valence-corrected chi connectivity index (χ3v) is 6.23. The summed E-state index contributed by atoms with van der Waals surface area (Å²) in [6.07, 6.45) is 2.70. The third-order valence-electron chi connectivity index (χ3n) is 6.23. The first-order valence-electron chi connectivity index (χ1n) is 11.5. The lowest BCUT2D eigenvalue weighted by Gasteiger charge is -2.24. The van der Waals surface area contributed by atoms with E-state index < -0.39 is 0 Å². The van der Waals surface area contributed by atoms with Crippen LogP contribution in [0, 0.1) is 6.92 Å². The molecule has 1 atom stereocenters. The standard InChI is InChI=1S/C26H23N7O2/c1-17-25-21(19-8-5-9-20(14-19)35-13-12-18-6-3-2-4-7-18)15-24(34)28-26(25)33(30-17)23-11-10-22-29-27-16-32(22)31-23/h2-11,14,16,21H,12-13,15H2,1H3,(H,28,34)/t21-/m1/s1. The van der Waals surface area contributed by atoms with E-state index >= 15 is 0 Å². The molecule has 174 valence electrons. The van der Waals surface area contributed by atoms with Gasteiger partial charge in [0.25, 0.3) is 0 Å². The van der Waals surface area contributed by atoms with Crippen molar-refractivity contribution >= 4 is 17.4 Å². The largest absolute Gasteiger partial charge is 0.493 e. The lowest BCUT2D eigenvalue weighted by molar-refractivity contribution is -0.116. The molecule has 6 rings (SSSR count). The topological polar surface area (TPSA) is 99.2 Å². The van der Waals surface area contributed by atoms with E-state index in [1.165, 1.54) is 11.9 Å². The Labute approximate surface area is 201 Å². The van der Waals surface area contributed by atoms with Gasteiger partial charge in [0.2, 0.25) is 5.91 Å². The van der Waals surface area contributed by atoms with Crippen LogP contribution in [0.25, 0.3) is 11.5 Å². The van der Waals surface area contributed by atoms with Crippen LogP contribution in [0.4, 0.5) is 5.82 Å². The predicted octanol–water partition coefficient (Wildman–Crippen LogP) is 3.71. The van der Waals surface area contributed by atoms with Gasteiger partial charge in [0.05, 0.1) is 12.3 Å². The van der Waals surface area contributed by atoms with Gasteiger partial charge in [-0.25, -0.2) is 0 Å². The minimum Gasteiger partial charge on any atom is -0.493 e. The Morgan fingerprint density at radius 2 is 1.94 bits per heavy atom. The highest BCUT2D eigenvalue weighted by molar-refractivity contribution is 5.95. The summed E-state index contributed by atoms with van der Waals surface area (Å²) in [6, 6.07) is 21.9. The van der Waals surface area contributed by atoms with Crippen molar-refractivity contribution < 1.29 is 9.53 Å². The molecule has 9 nitrogen and oxygen atoms in total. The van der Waals surface area contributed by atoms with Crippen LogP contribution in [0.3, 0.4) is 0 Å². The van der Waals surface area contributed by atoms with Crippen LogP contribution in [0.2, 0.25) is 0 Å². The first-order chi connectivity index (χ1) is 17.2. The van der Waals surface area contributed by atoms with Crippen molar-refractivity contribution in [2.24, 2.45) is 0 Å². The average Bonchev–Trinajstić information content (AvgIpc) is 3.48. The summed E-state index contributed by atoms with van der Waals surface area (Å²) in [5.41, 5.74) is 4.71. The zero-order valence-corrected chi connectivity index (χ0v) is 19.1. The number of aromatic nitrogens is 6. The fraction of sp³-hybridized carbons (Fsp3) is 0.192. The molecule has 0 unspecified atom stereocenters. The monoisotopic (exact) mass is 465 g/mol. The van der Waals surface area contributed by atoms with Crippen LogP contribution in [0.15, 0.2) is 73.1 Å². The molecule has 1 amide bonds. The number of ether oxygens (including phenoxy) is 1. The zero-order valence-electron chi connectivity index (χ0n) is 19.1. The molecular formula is C26H23N7O2. The normalized spacial score (nSPS) is 15.1. The van der Waals surface area contributed by atoms with Crippen LogP contribution >= 0.6 is 0 Å². The molecule has 1 aliphatic rings. The summed E-state index contributed by atoms with van der Waals surface area (Å²) in [5, 5.41) is 20.1. The number of rotatable bonds is 6. The number of hydrogen-bond acceptors (Lipinski definition) is 6. The van der Waals surface area contributed by atoms with Crippen LogP contribution in [-0.4, -0.2) is 42.1 Å². The van der Waals surface area contributed by atoms with Crippen molar-refractivity contribution in [1.82, 2.24) is 29.6 Å². The van der Waals surface area contributed by atoms with E-state index in [0.29, 0.717) is 30.3 Å². The number of aryl methyl sites for hydroxylation is 1. The van der Waals surface area contributed by atoms with Gasteiger partial charge in [-0.2, -0.15) is 14.3 Å². The smallest absolute Gasteiger partial charge is 0.226 e. The number of fused-ring (bicyclic) bond motifs is 2. The fourth-order valence-electron chi connectivity index (χ4n) is 4.58. The number of anilines is 1. The van der Waals surface area contributed by atoms with Gasteiger partial charge in [-0.05, 0) is 42.3 Å². The maximum atomic E-state index is 12.8. The molecule has 0 saturated carbocycles. The van der Waals surface area contributed by atoms with E-state index in [-0.39, 0.29) is 11.8 Å². The quantitative estimate of drug-likeness (QED) is 0.410. The van der Waals surface area contributed by atoms with Gasteiger partial charge in [0.1, 0.15) is 17.9 Å². The number of benzene rings is 2. The van der Waals surface area contributed by atoms with E-state index in [0.717, 1.165) is 29.0 Å². The van der Waals surface area contributed by atoms with Crippen molar-refractivity contribution in [3.63, 3.8) is 0 Å². The van der Waals surface area contributed by atoms with Crippen molar-refractivity contribution in [2.45, 2.75) is 25.7 Å². The molecule has 0 bridgehead atoms. The van der Waals surface area contributed by atoms with Gasteiger partial charge in [-0.1, -0.05) is 42.5 Å². The Hall–Kier alpha value is -4.53. The molecule has 0 aliphatic carbocycles. The first-order valence-corrected chi connectivity index (χ1v) is 11.5. The number of carbonyl (C=O) groups excluding carboxylic acids is 1. The van der Waals surface area contributed by atoms with Gasteiger partial charge in [0, 0.05) is 24.3 Å². The maximum Gasteiger partial charge on any atom is 0.226 e. The number of nitrogens with zero attached hydrogens (tertiary/aromatic N) is 6. The molecule has 9 heteroatoms. The molecule has 5 aromatic rings. The van der Waals surface area contributed by atoms with Crippen LogP contribution < -0.4 is 10.1 Å². The summed E-state index contributed by atoms with van der Waals surface area (Å²) >= 11 is 0. The molecule has 35 heavy (non-hydrogen) atoms. The Morgan fingerprint density at radius 3 is 2.83 bits per heavy atom. The zero-order chi connectivity index (χ0) is 23.8. The summed E-state index contributed by atoms with van der Waals surface area (Å²) < 4.78 is 9.30. The van der Waals surface area contributed by atoms with Gasteiger partial charge < -0.3 is 10.1 Å². The molecule has 3 aromatic heterocycles. The lowest BCUT2D eigenvalue weighted by Crippen LogP contribution is -2.25. The van der Waals surface area contributed by atoms with Crippen LogP contribution in [0.5, 0.6) is 5.75 Å². The number of hydrogen-bond donors (Lipinski definition) is 1. The lowest BCUT2D eigenvalue weighted by atomic mass is 9.86. The molecule has 0 spiro atoms. The second-order valence-corrected chi connectivity index (χ2v) is 8.55. The van der Waals surface area contributed by atoms with Crippen molar-refractivity contribution in [3.05, 3.63) is 95.4 Å². The highest BCUT2D eigenvalue weighted by atomic mass is 16.5. The highest BCUT2D eigenvalue weighted by Crippen LogP contribution is 2.40. The van der Waals surface area contributed by atoms with Gasteiger partial charge >= 0.3 is 0 Å². The fourth-order valence-corrected chi connectivity index (χ4v) is 4.58. The van der Waals surface area contributed by atoms with Crippen molar-refractivity contribution in [2.75, 3.05) is 11.9 Å². The molecule has 1 aliphatic heterocycles. The molecule has 0 saturated heterocycles. The highest BCUT2D eigenvalue weighted by Gasteiger charge is 2.33. The second-order valence-electron chi connectivity index (χ2n) is 8.55. The number of amides is 1. The van der Waals surface area contributed by atoms with E-state index in [1.54, 1.807) is 9.20 Å². The first kappa shape index (κ1) is 21.0. The van der Waals surface area contributed by atoms with E-state index in [9.17, 15) is 4.79 Å². The average molecular weight is 466 g/mol. The number of carbonyl (C=O) groups is 1. The molecule has 0 fully saturated rings. The van der Waals surface area contributed by atoms with E-state index in [2.05, 4.69) is 32.7 Å². The Bertz CT molecular complexity index is 1520. The van der Waals surface area contributed by atoms with Crippen LogP contribution in [-0.2, 0) is 11.2 Å². The molecule has 2 aromatic carbocycles. The molecule has 0 radical (unpaired) electrons. The third kappa shape index (κ3) is 4.01. The molecule has 4 heterocycles.